The van der Waals surface area contributed by atoms with E-state index in [9.17, 15) is 4.79 Å². The van der Waals surface area contributed by atoms with Crippen LogP contribution in [0.5, 0.6) is 11.5 Å². The first-order valence-electron chi connectivity index (χ1n) is 9.91. The first-order valence-corrected chi connectivity index (χ1v) is 9.91. The fourth-order valence-electron chi connectivity index (χ4n) is 3.35. The van der Waals surface area contributed by atoms with Gasteiger partial charge in [-0.05, 0) is 35.9 Å². The van der Waals surface area contributed by atoms with E-state index in [2.05, 4.69) is 5.43 Å². The van der Waals surface area contributed by atoms with Crippen molar-refractivity contribution in [2.45, 2.75) is 0 Å². The fraction of sp³-hybridized carbons (Fsp3) is 0.120. The first-order chi connectivity index (χ1) is 15.2. The van der Waals surface area contributed by atoms with E-state index in [0.29, 0.717) is 34.8 Å². The zero-order chi connectivity index (χ0) is 21.6. The monoisotopic (exact) mass is 413 g/mol. The van der Waals surface area contributed by atoms with Gasteiger partial charge in [0.2, 0.25) is 0 Å². The van der Waals surface area contributed by atoms with Gasteiger partial charge < -0.3 is 14.9 Å². The van der Waals surface area contributed by atoms with Crippen LogP contribution in [0.25, 0.3) is 28.4 Å². The number of nitrogens with zero attached hydrogens (tertiary/aromatic N) is 2. The molecule has 6 nitrogen and oxygen atoms in total. The van der Waals surface area contributed by atoms with Gasteiger partial charge in [0.1, 0.15) is 0 Å². The summed E-state index contributed by atoms with van der Waals surface area (Å²) in [6, 6.07) is 22.8. The summed E-state index contributed by atoms with van der Waals surface area (Å²) < 4.78 is 12.3. The minimum Gasteiger partial charge on any atom is -0.493 e. The number of hydrogen-bond donors (Lipinski definition) is 1. The van der Waals surface area contributed by atoms with Crippen LogP contribution in [-0.2, 0) is 0 Å². The van der Waals surface area contributed by atoms with Gasteiger partial charge in [0.05, 0.1) is 25.1 Å². The Balaban J connectivity index is 1.75. The highest BCUT2D eigenvalue weighted by Crippen LogP contribution is 2.31. The highest BCUT2D eigenvalue weighted by molar-refractivity contribution is 5.80. The molecule has 0 aliphatic heterocycles. The molecule has 3 aromatic carbocycles. The van der Waals surface area contributed by atoms with E-state index in [4.69, 9.17) is 14.5 Å². The van der Waals surface area contributed by atoms with E-state index in [1.807, 2.05) is 72.8 Å². The number of para-hydroxylation sites is 1. The first kappa shape index (κ1) is 20.2. The zero-order valence-electron chi connectivity index (χ0n) is 17.4. The molecule has 0 radical (unpaired) electrons. The molecule has 4 aromatic rings. The van der Waals surface area contributed by atoms with Crippen molar-refractivity contribution in [3.8, 4) is 22.9 Å². The third-order valence-electron chi connectivity index (χ3n) is 4.89. The van der Waals surface area contributed by atoms with Crippen molar-refractivity contribution >= 4 is 17.0 Å². The summed E-state index contributed by atoms with van der Waals surface area (Å²) in [6.07, 6.45) is 3.97. The molecule has 0 aliphatic carbocycles. The Bertz CT molecular complexity index is 1280. The lowest BCUT2D eigenvalue weighted by atomic mass is 10.1. The van der Waals surface area contributed by atoms with Crippen LogP contribution in [0.3, 0.4) is 0 Å². The molecule has 0 amide bonds. The van der Waals surface area contributed by atoms with E-state index in [0.717, 1.165) is 11.1 Å². The molecule has 6 heteroatoms. The Kier molecular flexibility index (Phi) is 5.98. The number of benzene rings is 3. The maximum Gasteiger partial charge on any atom is 0.280 e. The maximum absolute atomic E-state index is 13.2. The molecule has 1 N–H and O–H groups in total. The zero-order valence-corrected chi connectivity index (χ0v) is 17.4. The summed E-state index contributed by atoms with van der Waals surface area (Å²) in [5.41, 5.74) is 5.49. The summed E-state index contributed by atoms with van der Waals surface area (Å²) in [5, 5.41) is 0.547. The number of methoxy groups -OCH3 is 2. The molecular formula is C25H23N3O3. The highest BCUT2D eigenvalue weighted by Gasteiger charge is 2.14. The Morgan fingerprint density at radius 3 is 2.45 bits per heavy atom. The predicted molar refractivity (Wildman–Crippen MR) is 124 cm³/mol. The SMILES string of the molecule is COc1ccc(-c2nc3ccccc3c(=O)n2NCC=Cc2ccccc2)cc1OC. The van der Waals surface area contributed by atoms with E-state index < -0.39 is 0 Å². The lowest BCUT2D eigenvalue weighted by Crippen LogP contribution is -2.31. The fourth-order valence-corrected chi connectivity index (χ4v) is 3.35. The third-order valence-corrected chi connectivity index (χ3v) is 4.89. The van der Waals surface area contributed by atoms with Gasteiger partial charge in [0, 0.05) is 12.1 Å². The van der Waals surface area contributed by atoms with Crippen molar-refractivity contribution < 1.29 is 9.47 Å². The average molecular weight is 413 g/mol. The molecule has 31 heavy (non-hydrogen) atoms. The number of hydrogen-bond acceptors (Lipinski definition) is 5. The van der Waals surface area contributed by atoms with Gasteiger partial charge in [-0.25, -0.2) is 9.66 Å². The molecular weight excluding hydrogens is 390 g/mol. The number of rotatable bonds is 7. The van der Waals surface area contributed by atoms with Gasteiger partial charge in [-0.2, -0.15) is 0 Å². The van der Waals surface area contributed by atoms with Crippen molar-refractivity contribution in [1.29, 1.82) is 0 Å². The molecule has 4 rings (SSSR count). The quantitative estimate of drug-likeness (QED) is 0.488. The van der Waals surface area contributed by atoms with Crippen molar-refractivity contribution in [2.24, 2.45) is 0 Å². The minimum absolute atomic E-state index is 0.163. The van der Waals surface area contributed by atoms with Gasteiger partial charge in [0.15, 0.2) is 17.3 Å². The van der Waals surface area contributed by atoms with Crippen molar-refractivity contribution in [3.05, 3.63) is 94.8 Å². The molecule has 1 aromatic heterocycles. The summed E-state index contributed by atoms with van der Waals surface area (Å²) >= 11 is 0. The van der Waals surface area contributed by atoms with Crippen LogP contribution in [-0.4, -0.2) is 30.4 Å². The van der Waals surface area contributed by atoms with Gasteiger partial charge in [0.25, 0.3) is 5.56 Å². The molecule has 0 saturated heterocycles. The topological polar surface area (TPSA) is 65.4 Å². The Hall–Kier alpha value is -4.06. The van der Waals surface area contributed by atoms with Crippen molar-refractivity contribution in [1.82, 2.24) is 9.66 Å². The second-order valence-electron chi connectivity index (χ2n) is 6.84. The smallest absolute Gasteiger partial charge is 0.280 e. The molecule has 0 atom stereocenters. The largest absolute Gasteiger partial charge is 0.493 e. The van der Waals surface area contributed by atoms with E-state index in [-0.39, 0.29) is 5.56 Å². The predicted octanol–water partition coefficient (Wildman–Crippen LogP) is 4.34. The van der Waals surface area contributed by atoms with Crippen molar-refractivity contribution in [3.63, 3.8) is 0 Å². The Morgan fingerprint density at radius 1 is 0.935 bits per heavy atom. The second-order valence-corrected chi connectivity index (χ2v) is 6.84. The van der Waals surface area contributed by atoms with Crippen molar-refractivity contribution in [2.75, 3.05) is 26.2 Å². The molecule has 1 heterocycles. The van der Waals surface area contributed by atoms with Crippen LogP contribution in [0.4, 0.5) is 0 Å². The van der Waals surface area contributed by atoms with Crippen LogP contribution in [0.1, 0.15) is 5.56 Å². The lowest BCUT2D eigenvalue weighted by Gasteiger charge is -2.16. The summed E-state index contributed by atoms with van der Waals surface area (Å²) in [5.74, 6) is 1.68. The molecule has 0 spiro atoms. The molecule has 0 saturated carbocycles. The molecule has 0 bridgehead atoms. The minimum atomic E-state index is -0.163. The van der Waals surface area contributed by atoms with Gasteiger partial charge in [-0.3, -0.25) is 4.79 Å². The lowest BCUT2D eigenvalue weighted by molar-refractivity contribution is 0.355. The van der Waals surface area contributed by atoms with Crippen LogP contribution in [0.2, 0.25) is 0 Å². The highest BCUT2D eigenvalue weighted by atomic mass is 16.5. The second kappa shape index (κ2) is 9.17. The molecule has 0 fully saturated rings. The number of aromatic nitrogens is 2. The number of nitrogens with one attached hydrogen (secondary N) is 1. The maximum atomic E-state index is 13.2. The van der Waals surface area contributed by atoms with Gasteiger partial charge in [-0.15, -0.1) is 0 Å². The Morgan fingerprint density at radius 2 is 1.68 bits per heavy atom. The van der Waals surface area contributed by atoms with Crippen LogP contribution in [0, 0.1) is 0 Å². The van der Waals surface area contributed by atoms with Crippen LogP contribution >= 0.6 is 0 Å². The van der Waals surface area contributed by atoms with E-state index in [1.54, 1.807) is 26.4 Å². The molecule has 156 valence electrons. The summed E-state index contributed by atoms with van der Waals surface area (Å²) in [4.78, 5) is 18.0. The van der Waals surface area contributed by atoms with Crippen LogP contribution < -0.4 is 20.5 Å². The number of fused-ring (bicyclic) bond motifs is 1. The van der Waals surface area contributed by atoms with Gasteiger partial charge in [-0.1, -0.05) is 54.6 Å². The molecule has 0 aliphatic rings. The standard InChI is InChI=1S/C25H23N3O3/c1-30-22-15-14-19(17-23(22)31-2)24-27-21-13-7-6-12-20(21)25(29)28(24)26-16-8-11-18-9-4-3-5-10-18/h3-15,17,26H,16H2,1-2H3. The summed E-state index contributed by atoms with van der Waals surface area (Å²) in [6.45, 7) is 0.453. The average Bonchev–Trinajstić information content (AvgIpc) is 2.83. The van der Waals surface area contributed by atoms with Crippen LogP contribution in [0.15, 0.2) is 83.7 Å². The third kappa shape index (κ3) is 4.28. The normalized spacial score (nSPS) is 11.0. The molecule has 0 unspecified atom stereocenters. The van der Waals surface area contributed by atoms with E-state index in [1.165, 1.54) is 4.68 Å². The number of ether oxygens (including phenoxy) is 2. The Labute approximate surface area is 180 Å². The van der Waals surface area contributed by atoms with E-state index >= 15 is 0 Å². The summed E-state index contributed by atoms with van der Waals surface area (Å²) in [7, 11) is 3.16. The van der Waals surface area contributed by atoms with Gasteiger partial charge >= 0.3 is 0 Å².